The van der Waals surface area contributed by atoms with Gasteiger partial charge in [0.2, 0.25) is 10.0 Å². The lowest BCUT2D eigenvalue weighted by Gasteiger charge is -2.45. The van der Waals surface area contributed by atoms with Gasteiger partial charge in [0, 0.05) is 25.3 Å². The van der Waals surface area contributed by atoms with Crippen LogP contribution in [0.2, 0.25) is 0 Å². The van der Waals surface area contributed by atoms with Gasteiger partial charge < -0.3 is 15.3 Å². The molecule has 27 heavy (non-hydrogen) atoms. The average Bonchev–Trinajstić information content (AvgIpc) is 3.03. The zero-order valence-corrected chi connectivity index (χ0v) is 16.5. The van der Waals surface area contributed by atoms with Gasteiger partial charge in [-0.25, -0.2) is 23.1 Å². The summed E-state index contributed by atoms with van der Waals surface area (Å²) in [5.41, 5.74) is 0.606. The van der Waals surface area contributed by atoms with E-state index in [0.29, 0.717) is 0 Å². The van der Waals surface area contributed by atoms with Gasteiger partial charge >= 0.3 is 0 Å². The largest absolute Gasteiger partial charge is 0.356 e. The molecule has 4 rings (SSSR count). The molecular weight excluding hydrogens is 364 g/mol. The maximum absolute atomic E-state index is 12.5. The number of rotatable bonds is 7. The van der Waals surface area contributed by atoms with Crippen LogP contribution in [0.25, 0.3) is 11.0 Å². The highest BCUT2D eigenvalue weighted by Crippen LogP contribution is 2.45. The molecule has 146 valence electrons. The van der Waals surface area contributed by atoms with Crippen molar-refractivity contribution in [3.8, 4) is 0 Å². The molecule has 0 radical (unpaired) electrons. The van der Waals surface area contributed by atoms with Gasteiger partial charge in [-0.2, -0.15) is 0 Å². The standard InChI is InChI=1S/C18H26N6O2S/c1-18(7-12(8-18)9-19)10-27(25,26)23-13-5-14(6-13)24(2)17-15-3-4-20-16(15)21-11-22-17/h3-4,9,11-14,19,23H,5-8,10H2,1-2H3,(H,20,21,22). The number of nitrogens with one attached hydrogen (secondary N) is 3. The normalized spacial score (nSPS) is 30.5. The van der Waals surface area contributed by atoms with Crippen molar-refractivity contribution in [1.29, 1.82) is 5.41 Å². The molecule has 0 spiro atoms. The van der Waals surface area contributed by atoms with Crippen molar-refractivity contribution in [3.05, 3.63) is 18.6 Å². The topological polar surface area (TPSA) is 115 Å². The van der Waals surface area contributed by atoms with Crippen molar-refractivity contribution in [2.75, 3.05) is 17.7 Å². The Morgan fingerprint density at radius 3 is 2.85 bits per heavy atom. The number of H-pyrrole nitrogens is 1. The molecule has 2 fully saturated rings. The van der Waals surface area contributed by atoms with E-state index in [4.69, 9.17) is 5.41 Å². The molecule has 0 unspecified atom stereocenters. The third kappa shape index (κ3) is 3.58. The first-order chi connectivity index (χ1) is 12.8. The molecular formula is C18H26N6O2S. The minimum atomic E-state index is -3.31. The number of anilines is 1. The van der Waals surface area contributed by atoms with Gasteiger partial charge in [-0.15, -0.1) is 0 Å². The van der Waals surface area contributed by atoms with Gasteiger partial charge in [0.25, 0.3) is 0 Å². The lowest BCUT2D eigenvalue weighted by atomic mass is 9.65. The van der Waals surface area contributed by atoms with Crippen molar-refractivity contribution >= 4 is 33.1 Å². The smallest absolute Gasteiger partial charge is 0.212 e. The summed E-state index contributed by atoms with van der Waals surface area (Å²) in [4.78, 5) is 13.8. The first-order valence-corrected chi connectivity index (χ1v) is 11.0. The van der Waals surface area contributed by atoms with Crippen molar-refractivity contribution in [3.63, 3.8) is 0 Å². The van der Waals surface area contributed by atoms with Crippen molar-refractivity contribution in [2.45, 2.75) is 44.7 Å². The fraction of sp³-hybridized carbons (Fsp3) is 0.611. The molecule has 0 aromatic carbocycles. The lowest BCUT2D eigenvalue weighted by molar-refractivity contribution is 0.150. The molecule has 2 aromatic rings. The molecule has 2 heterocycles. The number of sulfonamides is 1. The predicted molar refractivity (Wildman–Crippen MR) is 106 cm³/mol. The van der Waals surface area contributed by atoms with E-state index >= 15 is 0 Å². The molecule has 0 amide bonds. The van der Waals surface area contributed by atoms with E-state index < -0.39 is 10.0 Å². The van der Waals surface area contributed by atoms with Crippen LogP contribution in [-0.4, -0.2) is 54.5 Å². The van der Waals surface area contributed by atoms with E-state index in [-0.39, 0.29) is 29.2 Å². The molecule has 9 heteroatoms. The second kappa shape index (κ2) is 6.56. The minimum Gasteiger partial charge on any atom is -0.356 e. The van der Waals surface area contributed by atoms with Gasteiger partial charge in [0.15, 0.2) is 0 Å². The van der Waals surface area contributed by atoms with Crippen LogP contribution in [0.4, 0.5) is 5.82 Å². The Balaban J connectivity index is 1.33. The van der Waals surface area contributed by atoms with Crippen LogP contribution in [0.3, 0.4) is 0 Å². The van der Waals surface area contributed by atoms with Gasteiger partial charge in [0.05, 0.1) is 11.1 Å². The van der Waals surface area contributed by atoms with Crippen LogP contribution >= 0.6 is 0 Å². The summed E-state index contributed by atoms with van der Waals surface area (Å²) in [6.45, 7) is 2.00. The molecule has 2 aliphatic rings. The molecule has 2 saturated carbocycles. The highest BCUT2D eigenvalue weighted by molar-refractivity contribution is 7.89. The van der Waals surface area contributed by atoms with E-state index in [1.165, 1.54) is 6.21 Å². The number of nitrogens with zero attached hydrogens (tertiary/aromatic N) is 3. The molecule has 0 bridgehead atoms. The number of aromatic amines is 1. The number of fused-ring (bicyclic) bond motifs is 1. The fourth-order valence-corrected chi connectivity index (χ4v) is 6.45. The second-order valence-electron chi connectivity index (χ2n) is 8.39. The van der Waals surface area contributed by atoms with Gasteiger partial charge in [-0.3, -0.25) is 0 Å². The second-order valence-corrected chi connectivity index (χ2v) is 10.1. The van der Waals surface area contributed by atoms with Crippen molar-refractivity contribution in [1.82, 2.24) is 19.7 Å². The summed E-state index contributed by atoms with van der Waals surface area (Å²) < 4.78 is 27.9. The van der Waals surface area contributed by atoms with Crippen molar-refractivity contribution < 1.29 is 8.42 Å². The molecule has 2 aromatic heterocycles. The van der Waals surface area contributed by atoms with Crippen LogP contribution < -0.4 is 9.62 Å². The fourth-order valence-electron chi connectivity index (χ4n) is 4.51. The van der Waals surface area contributed by atoms with Crippen LogP contribution in [0.1, 0.15) is 32.6 Å². The lowest BCUT2D eigenvalue weighted by Crippen LogP contribution is -2.55. The summed E-state index contributed by atoms with van der Waals surface area (Å²) in [5, 5.41) is 8.26. The first-order valence-electron chi connectivity index (χ1n) is 9.30. The Hall–Kier alpha value is -2.00. The van der Waals surface area contributed by atoms with Crippen LogP contribution in [0, 0.1) is 16.7 Å². The zero-order chi connectivity index (χ0) is 19.2. The van der Waals surface area contributed by atoms with E-state index in [2.05, 4.69) is 24.6 Å². The third-order valence-electron chi connectivity index (χ3n) is 5.96. The highest BCUT2D eigenvalue weighted by Gasteiger charge is 2.44. The highest BCUT2D eigenvalue weighted by atomic mass is 32.2. The summed E-state index contributed by atoms with van der Waals surface area (Å²) in [6, 6.07) is 2.20. The minimum absolute atomic E-state index is 0.0202. The Kier molecular flexibility index (Phi) is 4.46. The van der Waals surface area contributed by atoms with Gasteiger partial charge in [-0.1, -0.05) is 6.92 Å². The number of hydrogen-bond acceptors (Lipinski definition) is 6. The van der Waals surface area contributed by atoms with E-state index in [1.807, 2.05) is 26.2 Å². The molecule has 0 aliphatic heterocycles. The number of hydrogen-bond donors (Lipinski definition) is 3. The van der Waals surface area contributed by atoms with Crippen LogP contribution in [0.15, 0.2) is 18.6 Å². The Labute approximate surface area is 159 Å². The Morgan fingerprint density at radius 1 is 1.41 bits per heavy atom. The SMILES string of the molecule is CN(c1ncnc2[nH]ccc12)C1CC(NS(=O)(=O)CC2(C)CC(C=N)C2)C1. The third-order valence-corrected chi connectivity index (χ3v) is 7.73. The van der Waals surface area contributed by atoms with E-state index in [0.717, 1.165) is 42.5 Å². The monoisotopic (exact) mass is 390 g/mol. The van der Waals surface area contributed by atoms with E-state index in [9.17, 15) is 8.42 Å². The summed E-state index contributed by atoms with van der Waals surface area (Å²) in [5.74, 6) is 1.26. The zero-order valence-electron chi connectivity index (χ0n) is 15.6. The molecule has 8 nitrogen and oxygen atoms in total. The number of aromatic nitrogens is 3. The molecule has 0 atom stereocenters. The molecule has 0 saturated heterocycles. The quantitative estimate of drug-likeness (QED) is 0.625. The Bertz CT molecular complexity index is 944. The van der Waals surface area contributed by atoms with Crippen LogP contribution in [-0.2, 0) is 10.0 Å². The first kappa shape index (κ1) is 18.4. The average molecular weight is 391 g/mol. The Morgan fingerprint density at radius 2 is 2.15 bits per heavy atom. The maximum atomic E-state index is 12.5. The maximum Gasteiger partial charge on any atom is 0.212 e. The van der Waals surface area contributed by atoms with Gasteiger partial charge in [0.1, 0.15) is 17.8 Å². The van der Waals surface area contributed by atoms with Crippen LogP contribution in [0.5, 0.6) is 0 Å². The molecule has 2 aliphatic carbocycles. The predicted octanol–water partition coefficient (Wildman–Crippen LogP) is 1.91. The van der Waals surface area contributed by atoms with Gasteiger partial charge in [-0.05, 0) is 49.3 Å². The van der Waals surface area contributed by atoms with E-state index in [1.54, 1.807) is 6.33 Å². The summed E-state index contributed by atoms with van der Waals surface area (Å²) in [7, 11) is -1.31. The summed E-state index contributed by atoms with van der Waals surface area (Å²) in [6.07, 6.45) is 7.93. The van der Waals surface area contributed by atoms with Crippen molar-refractivity contribution in [2.24, 2.45) is 11.3 Å². The summed E-state index contributed by atoms with van der Waals surface area (Å²) >= 11 is 0. The molecule has 3 N–H and O–H groups in total.